The number of amides is 1. The Hall–Kier alpha value is -1.77. The number of nitrogens with zero attached hydrogens (tertiary/aromatic N) is 1. The molecule has 1 aromatic rings. The van der Waals surface area contributed by atoms with E-state index in [1.165, 1.54) is 43.0 Å². The van der Waals surface area contributed by atoms with Gasteiger partial charge < -0.3 is 4.90 Å². The molecule has 1 aliphatic rings. The summed E-state index contributed by atoms with van der Waals surface area (Å²) in [7, 11) is -3.52. The van der Waals surface area contributed by atoms with Crippen LogP contribution in [0, 0.1) is 5.92 Å². The van der Waals surface area contributed by atoms with Crippen molar-refractivity contribution in [1.82, 2.24) is 4.90 Å². The van der Waals surface area contributed by atoms with E-state index >= 15 is 0 Å². The maximum Gasteiger partial charge on any atom is 0.394 e. The van der Waals surface area contributed by atoms with Gasteiger partial charge in [-0.3, -0.25) is 9.52 Å². The Morgan fingerprint density at radius 1 is 1.35 bits per heavy atom. The molecule has 0 bridgehead atoms. The van der Waals surface area contributed by atoms with Crippen LogP contribution in [0.15, 0.2) is 24.3 Å². The van der Waals surface area contributed by atoms with E-state index < -0.39 is 33.6 Å². The highest BCUT2D eigenvalue weighted by molar-refractivity contribution is 7.92. The second-order valence-corrected chi connectivity index (χ2v) is 8.84. The molecule has 5 nitrogen and oxygen atoms in total. The second kappa shape index (κ2) is 7.09. The van der Waals surface area contributed by atoms with Gasteiger partial charge in [0.1, 0.15) is 0 Å². The van der Waals surface area contributed by atoms with E-state index in [2.05, 4.69) is 4.72 Å². The predicted molar refractivity (Wildman–Crippen MR) is 93.4 cm³/mol. The van der Waals surface area contributed by atoms with Crippen LogP contribution in [0.25, 0.3) is 0 Å². The van der Waals surface area contributed by atoms with Gasteiger partial charge in [0, 0.05) is 23.3 Å². The molecule has 2 rings (SSSR count). The van der Waals surface area contributed by atoms with Gasteiger partial charge >= 0.3 is 6.18 Å². The summed E-state index contributed by atoms with van der Waals surface area (Å²) < 4.78 is 65.7. The molecule has 9 heteroatoms. The maximum atomic E-state index is 13.2. The number of nitrogens with one attached hydrogen (secondary N) is 1. The molecular weight excluding hydrogens is 369 g/mol. The van der Waals surface area contributed by atoms with E-state index in [0.29, 0.717) is 6.42 Å². The van der Waals surface area contributed by atoms with Crippen molar-refractivity contribution in [3.8, 4) is 0 Å². The van der Waals surface area contributed by atoms with E-state index in [9.17, 15) is 26.4 Å². The third kappa shape index (κ3) is 4.31. The van der Waals surface area contributed by atoms with Crippen LogP contribution in [0.1, 0.15) is 44.0 Å². The first-order chi connectivity index (χ1) is 11.9. The van der Waals surface area contributed by atoms with Gasteiger partial charge in [0.2, 0.25) is 10.0 Å². The summed E-state index contributed by atoms with van der Waals surface area (Å²) in [4.78, 5) is 14.0. The molecule has 1 atom stereocenters. The van der Waals surface area contributed by atoms with Gasteiger partial charge in [0.25, 0.3) is 5.91 Å². The minimum atomic E-state index is -4.38. The van der Waals surface area contributed by atoms with Gasteiger partial charge in [-0.05, 0) is 44.9 Å². The number of sulfonamides is 1. The summed E-state index contributed by atoms with van der Waals surface area (Å²) >= 11 is 0. The van der Waals surface area contributed by atoms with Crippen LogP contribution in [0.5, 0.6) is 0 Å². The number of rotatable bonds is 5. The molecule has 0 aliphatic carbocycles. The molecule has 1 fully saturated rings. The Bertz CT molecular complexity index is 776. The van der Waals surface area contributed by atoms with Gasteiger partial charge in [0.05, 0.1) is 11.7 Å². The van der Waals surface area contributed by atoms with E-state index in [1.54, 1.807) is 6.92 Å². The molecule has 1 heterocycles. The van der Waals surface area contributed by atoms with Crippen molar-refractivity contribution in [3.63, 3.8) is 0 Å². The van der Waals surface area contributed by atoms with Crippen LogP contribution >= 0.6 is 0 Å². The molecule has 0 spiro atoms. The highest BCUT2D eigenvalue weighted by Gasteiger charge is 2.56. The standard InChI is InChI=1S/C17H23F3N2O3S/c1-4-10-26(24,25)21-13-7-5-6-12(11-13)15(23)22-9-8-14(16(22,2)3)17(18,19)20/h5-7,11,14,21H,4,8-10H2,1-3H3. The predicted octanol–water partition coefficient (Wildman–Crippen LogP) is 3.64. The Kier molecular flexibility index (Phi) is 5.60. The van der Waals surface area contributed by atoms with Crippen LogP contribution in [0.3, 0.4) is 0 Å². The van der Waals surface area contributed by atoms with E-state index in [1.807, 2.05) is 0 Å². The molecule has 146 valence electrons. The van der Waals surface area contributed by atoms with Gasteiger partial charge in [-0.15, -0.1) is 0 Å². The minimum absolute atomic E-state index is 0.00179. The zero-order valence-corrected chi connectivity index (χ0v) is 15.7. The number of hydrogen-bond donors (Lipinski definition) is 1. The molecule has 1 N–H and O–H groups in total. The molecule has 1 aromatic carbocycles. The fourth-order valence-corrected chi connectivity index (χ4v) is 4.51. The molecule has 0 aromatic heterocycles. The second-order valence-electron chi connectivity index (χ2n) is 7.00. The number of anilines is 1. The summed E-state index contributed by atoms with van der Waals surface area (Å²) in [6, 6.07) is 5.82. The Morgan fingerprint density at radius 3 is 2.54 bits per heavy atom. The number of carbonyl (C=O) groups excluding carboxylic acids is 1. The normalized spacial score (nSPS) is 20.2. The topological polar surface area (TPSA) is 66.5 Å². The fraction of sp³-hybridized carbons (Fsp3) is 0.588. The lowest BCUT2D eigenvalue weighted by atomic mass is 9.87. The van der Waals surface area contributed by atoms with Crippen LogP contribution in [-0.2, 0) is 10.0 Å². The Balaban J connectivity index is 2.24. The zero-order valence-electron chi connectivity index (χ0n) is 14.9. The Morgan fingerprint density at radius 2 is 2.00 bits per heavy atom. The summed E-state index contributed by atoms with van der Waals surface area (Å²) in [6.45, 7) is 4.54. The van der Waals surface area contributed by atoms with Gasteiger partial charge in [0.15, 0.2) is 0 Å². The van der Waals surface area contributed by atoms with Crippen molar-refractivity contribution in [3.05, 3.63) is 29.8 Å². The number of alkyl halides is 3. The molecule has 0 saturated carbocycles. The number of hydrogen-bond acceptors (Lipinski definition) is 3. The highest BCUT2D eigenvalue weighted by Crippen LogP contribution is 2.45. The minimum Gasteiger partial charge on any atom is -0.333 e. The molecule has 1 aliphatic heterocycles. The van der Waals surface area contributed by atoms with Gasteiger partial charge in [-0.1, -0.05) is 13.0 Å². The largest absolute Gasteiger partial charge is 0.394 e. The summed E-state index contributed by atoms with van der Waals surface area (Å²) in [5.74, 6) is -2.19. The maximum absolute atomic E-state index is 13.2. The van der Waals surface area contributed by atoms with Crippen molar-refractivity contribution < 1.29 is 26.4 Å². The summed E-state index contributed by atoms with van der Waals surface area (Å²) in [5, 5.41) is 0. The monoisotopic (exact) mass is 392 g/mol. The van der Waals surface area contributed by atoms with Gasteiger partial charge in [-0.25, -0.2) is 8.42 Å². The van der Waals surface area contributed by atoms with Crippen LogP contribution in [-0.4, -0.2) is 43.2 Å². The van der Waals surface area contributed by atoms with E-state index in [-0.39, 0.29) is 30.0 Å². The van der Waals surface area contributed by atoms with Crippen molar-refractivity contribution in [2.45, 2.75) is 45.3 Å². The third-order valence-electron chi connectivity index (χ3n) is 4.69. The smallest absolute Gasteiger partial charge is 0.333 e. The van der Waals surface area contributed by atoms with E-state index in [0.717, 1.165) is 0 Å². The molecule has 0 radical (unpaired) electrons. The first-order valence-corrected chi connectivity index (χ1v) is 10.0. The number of benzene rings is 1. The lowest BCUT2D eigenvalue weighted by Gasteiger charge is -2.36. The lowest BCUT2D eigenvalue weighted by molar-refractivity contribution is -0.189. The average molecular weight is 392 g/mol. The lowest BCUT2D eigenvalue weighted by Crippen LogP contribution is -2.49. The summed E-state index contributed by atoms with van der Waals surface area (Å²) in [5.41, 5.74) is -1.00. The fourth-order valence-electron chi connectivity index (χ4n) is 3.39. The first-order valence-electron chi connectivity index (χ1n) is 8.37. The Labute approximate surface area is 151 Å². The van der Waals surface area contributed by atoms with Crippen molar-refractivity contribution in [2.75, 3.05) is 17.0 Å². The molecular formula is C17H23F3N2O3S. The first kappa shape index (κ1) is 20.5. The number of carbonyl (C=O) groups is 1. The van der Waals surface area contributed by atoms with Crippen LogP contribution in [0.4, 0.5) is 18.9 Å². The average Bonchev–Trinajstić information content (AvgIpc) is 2.81. The quantitative estimate of drug-likeness (QED) is 0.832. The molecule has 1 unspecified atom stereocenters. The van der Waals surface area contributed by atoms with E-state index in [4.69, 9.17) is 0 Å². The number of halogens is 3. The zero-order chi connectivity index (χ0) is 19.8. The van der Waals surface area contributed by atoms with Crippen molar-refractivity contribution in [2.24, 2.45) is 5.92 Å². The third-order valence-corrected chi connectivity index (χ3v) is 6.18. The summed E-state index contributed by atoms with van der Waals surface area (Å²) in [6.07, 6.45) is -4.09. The molecule has 26 heavy (non-hydrogen) atoms. The molecule has 1 amide bonds. The number of likely N-dealkylation sites (tertiary alicyclic amines) is 1. The van der Waals surface area contributed by atoms with Crippen LogP contribution < -0.4 is 4.72 Å². The van der Waals surface area contributed by atoms with Crippen molar-refractivity contribution in [1.29, 1.82) is 0 Å². The SMILES string of the molecule is CCCS(=O)(=O)Nc1cccc(C(=O)N2CCC(C(F)(F)F)C2(C)C)c1. The van der Waals surface area contributed by atoms with Crippen LogP contribution in [0.2, 0.25) is 0 Å². The highest BCUT2D eigenvalue weighted by atomic mass is 32.2. The van der Waals surface area contributed by atoms with Gasteiger partial charge in [-0.2, -0.15) is 13.2 Å². The van der Waals surface area contributed by atoms with Crippen molar-refractivity contribution >= 4 is 21.6 Å². The molecule has 1 saturated heterocycles.